The van der Waals surface area contributed by atoms with Crippen molar-refractivity contribution in [1.82, 2.24) is 5.32 Å². The molecule has 1 aromatic rings. The van der Waals surface area contributed by atoms with Crippen LogP contribution in [-0.2, 0) is 0 Å². The van der Waals surface area contributed by atoms with Crippen molar-refractivity contribution in [1.29, 1.82) is 0 Å². The van der Waals surface area contributed by atoms with Crippen LogP contribution >= 0.6 is 11.6 Å². The predicted molar refractivity (Wildman–Crippen MR) is 59.1 cm³/mol. The highest BCUT2D eigenvalue weighted by Gasteiger charge is 2.14. The fourth-order valence-electron chi connectivity index (χ4n) is 1.46. The summed E-state index contributed by atoms with van der Waals surface area (Å²) in [4.78, 5) is 4.26. The lowest BCUT2D eigenvalue weighted by atomic mass is 10.2. The Labute approximate surface area is 92.5 Å². The lowest BCUT2D eigenvalue weighted by Crippen LogP contribution is -2.19. The summed E-state index contributed by atoms with van der Waals surface area (Å²) < 4.78 is 5.01. The Balaban J connectivity index is 2.45. The topological polar surface area (TPSA) is 53.8 Å². The number of rotatable bonds is 2. The number of ether oxygens (including phenoxy) is 1. The monoisotopic (exact) mass is 226 g/mol. The van der Waals surface area contributed by atoms with E-state index in [1.807, 2.05) is 0 Å². The van der Waals surface area contributed by atoms with Crippen LogP contribution in [0, 0.1) is 0 Å². The van der Waals surface area contributed by atoms with Crippen LogP contribution in [0.4, 0.5) is 0 Å². The first-order chi connectivity index (χ1) is 7.22. The molecule has 0 bridgehead atoms. The third-order valence-electron chi connectivity index (χ3n) is 2.20. The van der Waals surface area contributed by atoms with Crippen LogP contribution in [0.1, 0.15) is 5.56 Å². The van der Waals surface area contributed by atoms with Crippen LogP contribution < -0.4 is 10.1 Å². The van der Waals surface area contributed by atoms with Crippen LogP contribution in [0.15, 0.2) is 17.1 Å². The molecule has 1 aromatic carbocycles. The predicted octanol–water partition coefficient (Wildman–Crippen LogP) is 1.40. The van der Waals surface area contributed by atoms with E-state index in [-0.39, 0.29) is 10.8 Å². The smallest absolute Gasteiger partial charge is 0.176 e. The van der Waals surface area contributed by atoms with Crippen molar-refractivity contribution in [2.24, 2.45) is 4.99 Å². The molecule has 1 aliphatic heterocycles. The summed E-state index contributed by atoms with van der Waals surface area (Å²) in [5, 5.41) is 12.9. The lowest BCUT2D eigenvalue weighted by molar-refractivity contribution is 0.373. The molecule has 0 saturated heterocycles. The molecule has 15 heavy (non-hydrogen) atoms. The summed E-state index contributed by atoms with van der Waals surface area (Å²) in [6, 6.07) is 3.37. The average Bonchev–Trinajstić information content (AvgIpc) is 2.75. The number of phenols is 1. The van der Waals surface area contributed by atoms with Crippen LogP contribution in [0.25, 0.3) is 0 Å². The normalized spacial score (nSPS) is 14.7. The summed E-state index contributed by atoms with van der Waals surface area (Å²) in [6.07, 6.45) is 0. The molecule has 5 heteroatoms. The molecule has 80 valence electrons. The Hall–Kier alpha value is -1.42. The van der Waals surface area contributed by atoms with Gasteiger partial charge in [0.15, 0.2) is 11.5 Å². The van der Waals surface area contributed by atoms with Crippen molar-refractivity contribution in [3.05, 3.63) is 22.7 Å². The van der Waals surface area contributed by atoms with Crippen molar-refractivity contribution in [2.45, 2.75) is 0 Å². The van der Waals surface area contributed by atoms with Crippen molar-refractivity contribution >= 4 is 17.4 Å². The van der Waals surface area contributed by atoms with E-state index in [1.54, 1.807) is 12.1 Å². The Morgan fingerprint density at radius 2 is 2.33 bits per heavy atom. The van der Waals surface area contributed by atoms with E-state index >= 15 is 0 Å². The fraction of sp³-hybridized carbons (Fsp3) is 0.300. The quantitative estimate of drug-likeness (QED) is 0.802. The van der Waals surface area contributed by atoms with Crippen molar-refractivity contribution in [3.8, 4) is 11.5 Å². The fourth-order valence-corrected chi connectivity index (χ4v) is 1.67. The summed E-state index contributed by atoms with van der Waals surface area (Å²) in [7, 11) is 1.49. The maximum absolute atomic E-state index is 9.55. The highest BCUT2D eigenvalue weighted by Crippen LogP contribution is 2.35. The standard InChI is InChI=1S/C10H11ClN2O2/c1-15-8-5-6(4-7(11)9(8)14)10-12-2-3-13-10/h4-5,14H,2-3H2,1H3,(H,12,13). The van der Waals surface area contributed by atoms with Crippen LogP contribution in [-0.4, -0.2) is 31.1 Å². The van der Waals surface area contributed by atoms with Gasteiger partial charge in [0.2, 0.25) is 0 Å². The van der Waals surface area contributed by atoms with Crippen LogP contribution in [0.3, 0.4) is 0 Å². The van der Waals surface area contributed by atoms with Gasteiger partial charge in [0, 0.05) is 12.1 Å². The zero-order valence-electron chi connectivity index (χ0n) is 8.25. The second kappa shape index (κ2) is 3.98. The number of nitrogens with zero attached hydrogens (tertiary/aromatic N) is 1. The Morgan fingerprint density at radius 1 is 1.53 bits per heavy atom. The number of nitrogens with one attached hydrogen (secondary N) is 1. The van der Waals surface area contributed by atoms with Crippen LogP contribution in [0.2, 0.25) is 5.02 Å². The molecular weight excluding hydrogens is 216 g/mol. The SMILES string of the molecule is COc1cc(C2=NCCN2)cc(Cl)c1O. The van der Waals surface area contributed by atoms with Gasteiger partial charge in [-0.25, -0.2) is 0 Å². The summed E-state index contributed by atoms with van der Waals surface area (Å²) in [5.74, 6) is 1.10. The summed E-state index contributed by atoms with van der Waals surface area (Å²) in [6.45, 7) is 1.59. The van der Waals surface area contributed by atoms with E-state index < -0.39 is 0 Å². The van der Waals surface area contributed by atoms with Gasteiger partial charge in [0.1, 0.15) is 5.84 Å². The number of phenolic OH excluding ortho intramolecular Hbond substituents is 1. The third kappa shape index (κ3) is 1.85. The second-order valence-electron chi connectivity index (χ2n) is 3.17. The number of hydrogen-bond donors (Lipinski definition) is 2. The number of aromatic hydroxyl groups is 1. The maximum atomic E-state index is 9.55. The molecule has 0 aromatic heterocycles. The van der Waals surface area contributed by atoms with Gasteiger partial charge < -0.3 is 15.2 Å². The van der Waals surface area contributed by atoms with Crippen molar-refractivity contribution in [2.75, 3.05) is 20.2 Å². The number of aliphatic imine (C=N–C) groups is 1. The van der Waals surface area contributed by atoms with Gasteiger partial charge in [-0.1, -0.05) is 11.6 Å². The number of hydrogen-bond acceptors (Lipinski definition) is 4. The maximum Gasteiger partial charge on any atom is 0.176 e. The number of benzene rings is 1. The molecule has 0 atom stereocenters. The molecule has 0 amide bonds. The van der Waals surface area contributed by atoms with E-state index in [0.29, 0.717) is 5.75 Å². The van der Waals surface area contributed by atoms with E-state index in [2.05, 4.69) is 10.3 Å². The molecule has 2 rings (SSSR count). The molecule has 0 aliphatic carbocycles. The van der Waals surface area contributed by atoms with Crippen LogP contribution in [0.5, 0.6) is 11.5 Å². The molecule has 0 unspecified atom stereocenters. The van der Waals surface area contributed by atoms with Gasteiger partial charge >= 0.3 is 0 Å². The lowest BCUT2D eigenvalue weighted by Gasteiger charge is -2.08. The molecule has 1 heterocycles. The highest BCUT2D eigenvalue weighted by atomic mass is 35.5. The van der Waals surface area contributed by atoms with E-state index in [4.69, 9.17) is 16.3 Å². The average molecular weight is 227 g/mol. The van der Waals surface area contributed by atoms with Crippen molar-refractivity contribution < 1.29 is 9.84 Å². The highest BCUT2D eigenvalue weighted by molar-refractivity contribution is 6.32. The molecule has 1 aliphatic rings. The van der Waals surface area contributed by atoms with Gasteiger partial charge in [-0.15, -0.1) is 0 Å². The summed E-state index contributed by atoms with van der Waals surface area (Å²) in [5.41, 5.74) is 0.826. The minimum absolute atomic E-state index is 0.0403. The van der Waals surface area contributed by atoms with Gasteiger partial charge in [-0.3, -0.25) is 4.99 Å². The minimum Gasteiger partial charge on any atom is -0.503 e. The van der Waals surface area contributed by atoms with E-state index in [9.17, 15) is 5.11 Å². The second-order valence-corrected chi connectivity index (χ2v) is 3.57. The van der Waals surface area contributed by atoms with Crippen molar-refractivity contribution in [3.63, 3.8) is 0 Å². The Bertz CT molecular complexity index is 418. The zero-order chi connectivity index (χ0) is 10.8. The molecule has 0 spiro atoms. The molecule has 4 nitrogen and oxygen atoms in total. The molecule has 0 fully saturated rings. The first kappa shape index (κ1) is 10.1. The van der Waals surface area contributed by atoms with E-state index in [0.717, 1.165) is 24.5 Å². The van der Waals surface area contributed by atoms with Gasteiger partial charge in [0.25, 0.3) is 0 Å². The van der Waals surface area contributed by atoms with E-state index in [1.165, 1.54) is 7.11 Å². The third-order valence-corrected chi connectivity index (χ3v) is 2.48. The number of halogens is 1. The Kier molecular flexibility index (Phi) is 2.68. The first-order valence-corrected chi connectivity index (χ1v) is 4.95. The first-order valence-electron chi connectivity index (χ1n) is 4.57. The molecule has 0 radical (unpaired) electrons. The number of methoxy groups -OCH3 is 1. The molecule has 0 saturated carbocycles. The molecular formula is C10H11ClN2O2. The largest absolute Gasteiger partial charge is 0.503 e. The summed E-state index contributed by atoms with van der Waals surface area (Å²) >= 11 is 5.86. The van der Waals surface area contributed by atoms with Gasteiger partial charge in [0.05, 0.1) is 18.7 Å². The number of amidine groups is 1. The van der Waals surface area contributed by atoms with Gasteiger partial charge in [-0.2, -0.15) is 0 Å². The molecule has 2 N–H and O–H groups in total. The minimum atomic E-state index is -0.0403. The van der Waals surface area contributed by atoms with Gasteiger partial charge in [-0.05, 0) is 12.1 Å². The Morgan fingerprint density at radius 3 is 2.93 bits per heavy atom. The zero-order valence-corrected chi connectivity index (χ0v) is 9.01.